The van der Waals surface area contributed by atoms with Crippen molar-refractivity contribution in [2.45, 2.75) is 13.8 Å². The van der Waals surface area contributed by atoms with Crippen LogP contribution in [-0.2, 0) is 9.59 Å². The second-order valence-electron chi connectivity index (χ2n) is 7.20. The Balaban J connectivity index is 1.77. The van der Waals surface area contributed by atoms with E-state index in [0.29, 0.717) is 22.0 Å². The van der Waals surface area contributed by atoms with Crippen molar-refractivity contribution in [3.63, 3.8) is 0 Å². The predicted molar refractivity (Wildman–Crippen MR) is 121 cm³/mol. The highest BCUT2D eigenvalue weighted by molar-refractivity contribution is 6.39. The Bertz CT molecular complexity index is 1330. The highest BCUT2D eigenvalue weighted by Gasteiger charge is 2.37. The van der Waals surface area contributed by atoms with Crippen molar-refractivity contribution in [2.75, 3.05) is 4.90 Å². The maximum Gasteiger partial charge on any atom is 0.335 e. The molecule has 1 aliphatic heterocycles. The van der Waals surface area contributed by atoms with E-state index in [1.54, 1.807) is 37.3 Å². The van der Waals surface area contributed by atoms with Crippen LogP contribution in [0.25, 0.3) is 11.8 Å². The van der Waals surface area contributed by atoms with Crippen molar-refractivity contribution in [3.8, 4) is 5.69 Å². The number of nitrogens with one attached hydrogen (secondary N) is 1. The van der Waals surface area contributed by atoms with Gasteiger partial charge in [0.1, 0.15) is 11.4 Å². The van der Waals surface area contributed by atoms with Crippen LogP contribution in [0, 0.1) is 19.7 Å². The van der Waals surface area contributed by atoms with E-state index in [1.807, 2.05) is 11.5 Å². The fourth-order valence-electron chi connectivity index (χ4n) is 3.62. The molecule has 1 saturated heterocycles. The predicted octanol–water partition coefficient (Wildman–Crippen LogP) is 5.21. The summed E-state index contributed by atoms with van der Waals surface area (Å²) in [6, 6.07) is 11.5. The van der Waals surface area contributed by atoms with Crippen LogP contribution in [-0.4, -0.2) is 22.4 Å². The summed E-state index contributed by atoms with van der Waals surface area (Å²) in [5.41, 5.74) is 2.73. The van der Waals surface area contributed by atoms with Gasteiger partial charge in [0.2, 0.25) is 0 Å². The average Bonchev–Trinajstić information content (AvgIpc) is 3.00. The third-order valence-electron chi connectivity index (χ3n) is 5.10. The molecular weight excluding hydrogens is 456 g/mol. The van der Waals surface area contributed by atoms with Crippen LogP contribution in [0.5, 0.6) is 0 Å². The second kappa shape index (κ2) is 8.26. The van der Waals surface area contributed by atoms with E-state index in [4.69, 9.17) is 23.2 Å². The molecule has 3 aromatic rings. The zero-order valence-corrected chi connectivity index (χ0v) is 18.5. The summed E-state index contributed by atoms with van der Waals surface area (Å²) in [6.45, 7) is 3.62. The summed E-state index contributed by atoms with van der Waals surface area (Å²) < 4.78 is 15.4. The number of carbonyl (C=O) groups is 3. The number of urea groups is 1. The van der Waals surface area contributed by atoms with E-state index in [2.05, 4.69) is 5.32 Å². The molecular formula is C23H16Cl2FN3O3. The van der Waals surface area contributed by atoms with Crippen LogP contribution in [0.4, 0.5) is 14.9 Å². The molecule has 0 bridgehead atoms. The van der Waals surface area contributed by atoms with Crippen molar-refractivity contribution in [3.05, 3.63) is 86.9 Å². The summed E-state index contributed by atoms with van der Waals surface area (Å²) in [5, 5.41) is 2.50. The lowest BCUT2D eigenvalue weighted by Crippen LogP contribution is -2.54. The topological polar surface area (TPSA) is 71.4 Å². The standard InChI is InChI=1S/C23H16Cl2FN3O3/c1-12-8-14(13(2)28(12)17-6-7-20(26)19(25)11-17)9-18-21(30)27-23(32)29(22(18)31)16-5-3-4-15(24)10-16/h3-11H,1-2H3,(H,27,30,32)/b18-9+. The van der Waals surface area contributed by atoms with Gasteiger partial charge in [-0.15, -0.1) is 0 Å². The number of carbonyl (C=O) groups excluding carboxylic acids is 3. The van der Waals surface area contributed by atoms with Gasteiger partial charge in [-0.2, -0.15) is 0 Å². The molecule has 2 heterocycles. The van der Waals surface area contributed by atoms with E-state index in [-0.39, 0.29) is 16.3 Å². The first-order chi connectivity index (χ1) is 15.2. The summed E-state index contributed by atoms with van der Waals surface area (Å²) >= 11 is 11.9. The van der Waals surface area contributed by atoms with Gasteiger partial charge in [0.15, 0.2) is 0 Å². The maximum atomic E-state index is 13.6. The lowest BCUT2D eigenvalue weighted by Gasteiger charge is -2.26. The number of aryl methyl sites for hydroxylation is 1. The number of aromatic nitrogens is 1. The molecule has 32 heavy (non-hydrogen) atoms. The number of amides is 4. The lowest BCUT2D eigenvalue weighted by molar-refractivity contribution is -0.122. The Labute approximate surface area is 192 Å². The van der Waals surface area contributed by atoms with E-state index in [1.165, 1.54) is 24.3 Å². The molecule has 4 rings (SSSR count). The van der Waals surface area contributed by atoms with Crippen molar-refractivity contribution in [1.82, 2.24) is 9.88 Å². The smallest absolute Gasteiger partial charge is 0.318 e. The molecule has 0 aliphatic carbocycles. The highest BCUT2D eigenvalue weighted by Crippen LogP contribution is 2.28. The number of rotatable bonds is 3. The van der Waals surface area contributed by atoms with Crippen LogP contribution in [0.1, 0.15) is 17.0 Å². The van der Waals surface area contributed by atoms with Gasteiger partial charge in [-0.05, 0) is 68.0 Å². The highest BCUT2D eigenvalue weighted by atomic mass is 35.5. The zero-order valence-electron chi connectivity index (χ0n) is 16.9. The van der Waals surface area contributed by atoms with Gasteiger partial charge in [0.05, 0.1) is 10.7 Å². The van der Waals surface area contributed by atoms with Crippen molar-refractivity contribution in [1.29, 1.82) is 0 Å². The monoisotopic (exact) mass is 471 g/mol. The van der Waals surface area contributed by atoms with Crippen LogP contribution < -0.4 is 10.2 Å². The minimum atomic E-state index is -0.856. The fraction of sp³-hybridized carbons (Fsp3) is 0.0870. The van der Waals surface area contributed by atoms with Gasteiger partial charge in [-0.3, -0.25) is 14.9 Å². The first kappa shape index (κ1) is 21.8. The van der Waals surface area contributed by atoms with E-state index in [9.17, 15) is 18.8 Å². The van der Waals surface area contributed by atoms with Gasteiger partial charge in [-0.25, -0.2) is 14.1 Å². The first-order valence-electron chi connectivity index (χ1n) is 9.49. The normalized spacial score (nSPS) is 15.5. The van der Waals surface area contributed by atoms with Crippen LogP contribution in [0.15, 0.2) is 54.1 Å². The number of anilines is 1. The van der Waals surface area contributed by atoms with Gasteiger partial charge in [0, 0.05) is 22.1 Å². The van der Waals surface area contributed by atoms with E-state index < -0.39 is 23.7 Å². The number of hydrogen-bond donors (Lipinski definition) is 1. The molecule has 1 aromatic heterocycles. The fourth-order valence-corrected chi connectivity index (χ4v) is 3.98. The summed E-state index contributed by atoms with van der Waals surface area (Å²) in [7, 11) is 0. The van der Waals surface area contributed by atoms with E-state index >= 15 is 0 Å². The largest absolute Gasteiger partial charge is 0.335 e. The number of nitrogens with zero attached hydrogens (tertiary/aromatic N) is 2. The molecule has 0 radical (unpaired) electrons. The molecule has 4 amide bonds. The molecule has 1 fully saturated rings. The Morgan fingerprint density at radius 3 is 2.41 bits per heavy atom. The number of barbiturate groups is 1. The third kappa shape index (κ3) is 3.81. The minimum absolute atomic E-state index is 0.0209. The number of hydrogen-bond acceptors (Lipinski definition) is 3. The molecule has 1 N–H and O–H groups in total. The molecule has 2 aromatic carbocycles. The lowest BCUT2D eigenvalue weighted by atomic mass is 10.1. The molecule has 0 saturated carbocycles. The zero-order chi connectivity index (χ0) is 23.2. The third-order valence-corrected chi connectivity index (χ3v) is 5.62. The summed E-state index contributed by atoms with van der Waals surface area (Å²) in [5.74, 6) is -2.10. The van der Waals surface area contributed by atoms with Gasteiger partial charge >= 0.3 is 6.03 Å². The van der Waals surface area contributed by atoms with Crippen molar-refractivity contribution >= 4 is 52.8 Å². The Kier molecular flexibility index (Phi) is 5.62. The van der Waals surface area contributed by atoms with Crippen molar-refractivity contribution < 1.29 is 18.8 Å². The van der Waals surface area contributed by atoms with Crippen LogP contribution >= 0.6 is 23.2 Å². The van der Waals surface area contributed by atoms with Gasteiger partial charge in [0.25, 0.3) is 11.8 Å². The Hall–Kier alpha value is -3.42. The SMILES string of the molecule is Cc1cc(/C=C2\C(=O)NC(=O)N(c3cccc(Cl)c3)C2=O)c(C)n1-c1ccc(F)c(Cl)c1. The molecule has 1 aliphatic rings. The Morgan fingerprint density at radius 1 is 0.969 bits per heavy atom. The van der Waals surface area contributed by atoms with Crippen LogP contribution in [0.3, 0.4) is 0 Å². The molecule has 6 nitrogen and oxygen atoms in total. The van der Waals surface area contributed by atoms with Gasteiger partial charge < -0.3 is 4.57 Å². The maximum absolute atomic E-state index is 13.6. The summed E-state index contributed by atoms with van der Waals surface area (Å²) in [6.07, 6.45) is 1.42. The number of halogens is 3. The molecule has 0 unspecified atom stereocenters. The molecule has 0 atom stereocenters. The first-order valence-corrected chi connectivity index (χ1v) is 10.2. The second-order valence-corrected chi connectivity index (χ2v) is 8.04. The molecule has 9 heteroatoms. The van der Waals surface area contributed by atoms with E-state index in [0.717, 1.165) is 10.6 Å². The van der Waals surface area contributed by atoms with Gasteiger partial charge in [-0.1, -0.05) is 29.3 Å². The molecule has 162 valence electrons. The van der Waals surface area contributed by atoms with Crippen molar-refractivity contribution in [2.24, 2.45) is 0 Å². The van der Waals surface area contributed by atoms with Crippen LogP contribution in [0.2, 0.25) is 10.0 Å². The summed E-state index contributed by atoms with van der Waals surface area (Å²) in [4.78, 5) is 38.8. The molecule has 0 spiro atoms. The number of benzene rings is 2. The number of imide groups is 2. The Morgan fingerprint density at radius 2 is 1.72 bits per heavy atom. The average molecular weight is 472 g/mol. The quantitative estimate of drug-likeness (QED) is 0.421. The minimum Gasteiger partial charge on any atom is -0.318 e.